The zero-order valence-electron chi connectivity index (χ0n) is 35.0. The van der Waals surface area contributed by atoms with E-state index in [-0.39, 0.29) is 5.41 Å². The molecule has 1 heteroatoms. The minimum Gasteiger partial charge on any atom is -0.310 e. The number of rotatable bonds is 8. The number of anilines is 3. The summed E-state index contributed by atoms with van der Waals surface area (Å²) < 4.78 is 0. The lowest BCUT2D eigenvalue weighted by atomic mass is 9.81. The molecule has 1 nitrogen and oxygen atoms in total. The van der Waals surface area contributed by atoms with Crippen molar-refractivity contribution in [1.82, 2.24) is 0 Å². The predicted molar refractivity (Wildman–Crippen MR) is 263 cm³/mol. The second-order valence-electron chi connectivity index (χ2n) is 16.9. The van der Waals surface area contributed by atoms with Gasteiger partial charge in [0.1, 0.15) is 0 Å². The predicted octanol–water partition coefficient (Wildman–Crippen LogP) is 17.0. The summed E-state index contributed by atoms with van der Waals surface area (Å²) in [6.45, 7) is 4.77. The van der Waals surface area contributed by atoms with Crippen LogP contribution in [0.4, 0.5) is 17.1 Å². The third-order valence-corrected chi connectivity index (χ3v) is 12.9. The van der Waals surface area contributed by atoms with Crippen LogP contribution in [0.2, 0.25) is 0 Å². The van der Waals surface area contributed by atoms with Crippen molar-refractivity contribution in [3.8, 4) is 66.8 Å². The number of hydrogen-bond donors (Lipinski definition) is 0. The Labute approximate surface area is 364 Å². The van der Waals surface area contributed by atoms with Crippen molar-refractivity contribution in [2.24, 2.45) is 0 Å². The summed E-state index contributed by atoms with van der Waals surface area (Å²) in [7, 11) is 0. The van der Waals surface area contributed by atoms with Crippen LogP contribution in [-0.4, -0.2) is 0 Å². The molecule has 0 fully saturated rings. The molecule has 0 N–H and O–H groups in total. The number of hydrogen-bond acceptors (Lipinski definition) is 1. The molecule has 0 radical (unpaired) electrons. The van der Waals surface area contributed by atoms with E-state index in [2.05, 4.69) is 255 Å². The SMILES string of the molecule is CC1(C)c2cc(-c3ccccc3)ccc2-c2ccc(N(c3ccc(-c4ccc5ccccc5c4)cc3)c3cccc(-c4ccccc4)c3-c3ccccc3-c3ccccc3)cc21. The molecular formula is C61H45N. The van der Waals surface area contributed by atoms with Crippen LogP contribution in [0.5, 0.6) is 0 Å². The molecule has 0 bridgehead atoms. The van der Waals surface area contributed by atoms with Gasteiger partial charge in [-0.2, -0.15) is 0 Å². The Morgan fingerprint density at radius 3 is 1.48 bits per heavy atom. The molecule has 0 aromatic heterocycles. The molecule has 0 spiro atoms. The molecule has 0 unspecified atom stereocenters. The fourth-order valence-corrected chi connectivity index (χ4v) is 9.71. The van der Waals surface area contributed by atoms with E-state index >= 15 is 0 Å². The summed E-state index contributed by atoms with van der Waals surface area (Å²) in [6, 6.07) is 86.7. The summed E-state index contributed by atoms with van der Waals surface area (Å²) in [5.41, 5.74) is 20.4. The quantitative estimate of drug-likeness (QED) is 0.148. The first-order valence-electron chi connectivity index (χ1n) is 21.6. The van der Waals surface area contributed by atoms with Gasteiger partial charge in [-0.1, -0.05) is 208 Å². The molecule has 62 heavy (non-hydrogen) atoms. The number of nitrogens with zero attached hydrogens (tertiary/aromatic N) is 1. The molecule has 11 rings (SSSR count). The molecule has 0 saturated carbocycles. The topological polar surface area (TPSA) is 3.24 Å². The van der Waals surface area contributed by atoms with Gasteiger partial charge in [0.2, 0.25) is 0 Å². The maximum Gasteiger partial charge on any atom is 0.0546 e. The van der Waals surface area contributed by atoms with Crippen LogP contribution in [0, 0.1) is 0 Å². The molecule has 0 heterocycles. The number of fused-ring (bicyclic) bond motifs is 4. The van der Waals surface area contributed by atoms with E-state index in [0.29, 0.717) is 0 Å². The minimum atomic E-state index is -0.217. The van der Waals surface area contributed by atoms with Crippen molar-refractivity contribution in [3.63, 3.8) is 0 Å². The van der Waals surface area contributed by atoms with Crippen molar-refractivity contribution in [3.05, 3.63) is 248 Å². The van der Waals surface area contributed by atoms with Crippen LogP contribution in [0.1, 0.15) is 25.0 Å². The molecule has 294 valence electrons. The van der Waals surface area contributed by atoms with Gasteiger partial charge >= 0.3 is 0 Å². The fourth-order valence-electron chi connectivity index (χ4n) is 9.71. The van der Waals surface area contributed by atoms with E-state index in [4.69, 9.17) is 0 Å². The Kier molecular flexibility index (Phi) is 9.24. The maximum atomic E-state index is 2.49. The van der Waals surface area contributed by atoms with Crippen molar-refractivity contribution in [2.45, 2.75) is 19.3 Å². The molecule has 0 atom stereocenters. The highest BCUT2D eigenvalue weighted by Crippen LogP contribution is 2.53. The lowest BCUT2D eigenvalue weighted by molar-refractivity contribution is 0.660. The molecule has 1 aliphatic rings. The molecule has 0 saturated heterocycles. The lowest BCUT2D eigenvalue weighted by Gasteiger charge is -2.31. The van der Waals surface area contributed by atoms with Crippen LogP contribution in [0.3, 0.4) is 0 Å². The average Bonchev–Trinajstić information content (AvgIpc) is 3.57. The largest absolute Gasteiger partial charge is 0.310 e. The average molecular weight is 792 g/mol. The Hall–Kier alpha value is -7.74. The van der Waals surface area contributed by atoms with E-state index in [1.54, 1.807) is 0 Å². The second-order valence-corrected chi connectivity index (χ2v) is 16.9. The van der Waals surface area contributed by atoms with Crippen LogP contribution < -0.4 is 4.90 Å². The summed E-state index contributed by atoms with van der Waals surface area (Å²) >= 11 is 0. The van der Waals surface area contributed by atoms with Gasteiger partial charge in [0, 0.05) is 22.4 Å². The third kappa shape index (κ3) is 6.51. The van der Waals surface area contributed by atoms with Crippen LogP contribution >= 0.6 is 0 Å². The normalized spacial score (nSPS) is 12.5. The molecule has 0 amide bonds. The van der Waals surface area contributed by atoms with Crippen LogP contribution in [-0.2, 0) is 5.41 Å². The van der Waals surface area contributed by atoms with Gasteiger partial charge in [0.15, 0.2) is 0 Å². The summed E-state index contributed by atoms with van der Waals surface area (Å²) in [4.78, 5) is 2.49. The smallest absolute Gasteiger partial charge is 0.0546 e. The molecule has 0 aliphatic heterocycles. The van der Waals surface area contributed by atoms with Gasteiger partial charge in [0.05, 0.1) is 5.69 Å². The van der Waals surface area contributed by atoms with Crippen molar-refractivity contribution in [2.75, 3.05) is 4.90 Å². The summed E-state index contributed by atoms with van der Waals surface area (Å²) in [5.74, 6) is 0. The Morgan fingerprint density at radius 2 is 0.774 bits per heavy atom. The summed E-state index contributed by atoms with van der Waals surface area (Å²) in [5, 5.41) is 2.49. The molecule has 10 aromatic carbocycles. The van der Waals surface area contributed by atoms with Crippen molar-refractivity contribution in [1.29, 1.82) is 0 Å². The Morgan fingerprint density at radius 1 is 0.290 bits per heavy atom. The Balaban J connectivity index is 1.13. The zero-order valence-corrected chi connectivity index (χ0v) is 35.0. The first-order chi connectivity index (χ1) is 30.5. The van der Waals surface area contributed by atoms with Crippen molar-refractivity contribution < 1.29 is 0 Å². The van der Waals surface area contributed by atoms with Gasteiger partial charge in [-0.3, -0.25) is 0 Å². The van der Waals surface area contributed by atoms with E-state index < -0.39 is 0 Å². The minimum absolute atomic E-state index is 0.217. The van der Waals surface area contributed by atoms with Gasteiger partial charge in [0.25, 0.3) is 0 Å². The standard InChI is InChI=1S/C61H45N/c1-61(2)57-40-49(42-17-6-3-7-18-42)33-37-54(57)55-38-36-51(41-58(55)61)62(50-34-31-44(32-35-50)48-30-29-43-19-12-13-24-47(43)39-48)59-28-16-27-53(46-22-10-5-11-23-46)60(59)56-26-15-14-25-52(56)45-20-8-4-9-21-45/h3-41H,1-2H3. The molecule has 10 aromatic rings. The zero-order chi connectivity index (χ0) is 41.6. The van der Waals surface area contributed by atoms with Crippen LogP contribution in [0.25, 0.3) is 77.5 Å². The van der Waals surface area contributed by atoms with E-state index in [0.717, 1.165) is 17.1 Å². The maximum absolute atomic E-state index is 2.49. The van der Waals surface area contributed by atoms with Gasteiger partial charge in [-0.05, 0) is 126 Å². The lowest BCUT2D eigenvalue weighted by Crippen LogP contribution is -2.17. The highest BCUT2D eigenvalue weighted by atomic mass is 15.1. The first kappa shape index (κ1) is 37.3. The highest BCUT2D eigenvalue weighted by molar-refractivity contribution is 6.01. The van der Waals surface area contributed by atoms with Gasteiger partial charge < -0.3 is 4.90 Å². The summed E-state index contributed by atoms with van der Waals surface area (Å²) in [6.07, 6.45) is 0. The third-order valence-electron chi connectivity index (χ3n) is 12.9. The monoisotopic (exact) mass is 791 g/mol. The van der Waals surface area contributed by atoms with Gasteiger partial charge in [-0.25, -0.2) is 0 Å². The Bertz CT molecular complexity index is 3240. The van der Waals surface area contributed by atoms with Crippen LogP contribution in [0.15, 0.2) is 237 Å². The first-order valence-corrected chi connectivity index (χ1v) is 21.6. The van der Waals surface area contributed by atoms with E-state index in [1.807, 2.05) is 0 Å². The van der Waals surface area contributed by atoms with E-state index in [9.17, 15) is 0 Å². The molecule has 1 aliphatic carbocycles. The van der Waals surface area contributed by atoms with Crippen molar-refractivity contribution >= 4 is 27.8 Å². The van der Waals surface area contributed by atoms with Gasteiger partial charge in [-0.15, -0.1) is 0 Å². The molecular weight excluding hydrogens is 747 g/mol. The fraction of sp³-hybridized carbons (Fsp3) is 0.0492. The number of benzene rings is 10. The second kappa shape index (κ2) is 15.4. The highest BCUT2D eigenvalue weighted by Gasteiger charge is 2.36. The van der Waals surface area contributed by atoms with E-state index in [1.165, 1.54) is 88.7 Å².